The number of esters is 1. The number of halogens is 6. The zero-order valence-corrected chi connectivity index (χ0v) is 11.6. The summed E-state index contributed by atoms with van der Waals surface area (Å²) in [4.78, 5) is 9.21. The van der Waals surface area contributed by atoms with Gasteiger partial charge in [-0.1, -0.05) is 31.6 Å². The minimum atomic E-state index is -9.87. The highest BCUT2D eigenvalue weighted by Crippen LogP contribution is 3.02. The zero-order chi connectivity index (χ0) is 16.2. The summed E-state index contributed by atoms with van der Waals surface area (Å²) in [6, 6.07) is 1.91. The predicted molar refractivity (Wildman–Crippen MR) is 65.4 cm³/mol. The fraction of sp³-hybridized carbons (Fsp3) is 0.417. The van der Waals surface area contributed by atoms with Crippen LogP contribution in [0.1, 0.15) is 18.9 Å². The predicted octanol–water partition coefficient (Wildman–Crippen LogP) is 5.09. The summed E-state index contributed by atoms with van der Waals surface area (Å²) in [7, 11) is -9.87. The normalized spacial score (nSPS) is 28.4. The van der Waals surface area contributed by atoms with Gasteiger partial charge in [0.05, 0.1) is 12.5 Å². The number of carbonyl (C=O) groups excluding carboxylic acids is 1. The van der Waals surface area contributed by atoms with Crippen LogP contribution >= 0.6 is 10.2 Å². The van der Waals surface area contributed by atoms with Gasteiger partial charge in [0.1, 0.15) is 10.6 Å². The van der Waals surface area contributed by atoms with Gasteiger partial charge in [0.15, 0.2) is 0 Å². The molecule has 1 aromatic rings. The van der Waals surface area contributed by atoms with Gasteiger partial charge in [0, 0.05) is 6.42 Å². The molecule has 1 aromatic carbocycles. The average molecular weight is 334 g/mol. The molecule has 1 fully saturated rings. The second-order valence-electron chi connectivity index (χ2n) is 4.87. The summed E-state index contributed by atoms with van der Waals surface area (Å²) in [5, 5.41) is 0. The Kier molecular flexibility index (Phi) is 2.95. The van der Waals surface area contributed by atoms with E-state index in [1.807, 2.05) is 0 Å². The fourth-order valence-electron chi connectivity index (χ4n) is 2.06. The van der Waals surface area contributed by atoms with Crippen molar-refractivity contribution < 1.29 is 33.4 Å². The molecule has 0 unspecified atom stereocenters. The molecule has 0 spiro atoms. The van der Waals surface area contributed by atoms with Gasteiger partial charge in [0.25, 0.3) is 0 Å². The Bertz CT molecular complexity index is 599. The van der Waals surface area contributed by atoms with E-state index >= 15 is 0 Å². The van der Waals surface area contributed by atoms with Gasteiger partial charge < -0.3 is 4.74 Å². The maximum atomic E-state index is 14.4. The summed E-state index contributed by atoms with van der Waals surface area (Å²) in [6.07, 6.45) is -0.379. The van der Waals surface area contributed by atoms with Crippen molar-refractivity contribution >= 4 is 16.2 Å². The van der Waals surface area contributed by atoms with Crippen LogP contribution in [0.3, 0.4) is 0 Å². The molecule has 0 aromatic heterocycles. The van der Waals surface area contributed by atoms with Crippen LogP contribution in [0.25, 0.3) is 0 Å². The van der Waals surface area contributed by atoms with E-state index in [1.165, 1.54) is 6.92 Å². The van der Waals surface area contributed by atoms with E-state index in [0.29, 0.717) is 6.07 Å². The summed E-state index contributed by atoms with van der Waals surface area (Å²) in [6.45, 7) is 1.49. The van der Waals surface area contributed by atoms with Crippen molar-refractivity contribution in [1.29, 1.82) is 0 Å². The highest BCUT2D eigenvalue weighted by molar-refractivity contribution is 8.45. The summed E-state index contributed by atoms with van der Waals surface area (Å²) >= 11 is 0. The van der Waals surface area contributed by atoms with Gasteiger partial charge in [-0.15, -0.1) is 0 Å². The van der Waals surface area contributed by atoms with Crippen LogP contribution in [0.2, 0.25) is 0 Å². The van der Waals surface area contributed by atoms with Crippen LogP contribution in [-0.4, -0.2) is 12.6 Å². The summed E-state index contributed by atoms with van der Waals surface area (Å²) in [5.74, 6) is -2.15. The molecule has 21 heavy (non-hydrogen) atoms. The van der Waals surface area contributed by atoms with Gasteiger partial charge >= 0.3 is 16.2 Å². The van der Waals surface area contributed by atoms with Gasteiger partial charge in [-0.3, -0.25) is 4.79 Å². The molecule has 1 saturated carbocycles. The first-order valence-corrected chi connectivity index (χ1v) is 7.93. The van der Waals surface area contributed by atoms with E-state index in [4.69, 9.17) is 0 Å². The Morgan fingerprint density at radius 3 is 2.48 bits per heavy atom. The highest BCUT2D eigenvalue weighted by Gasteiger charge is 2.67. The monoisotopic (exact) mass is 334 g/mol. The number of rotatable bonds is 4. The Balaban J connectivity index is 2.35. The highest BCUT2D eigenvalue weighted by atomic mass is 32.5. The van der Waals surface area contributed by atoms with Crippen LogP contribution in [0.15, 0.2) is 29.2 Å². The quantitative estimate of drug-likeness (QED) is 0.566. The molecule has 2 atom stereocenters. The maximum Gasteiger partial charge on any atom is 0.312 e. The number of benzene rings is 1. The Hall–Kier alpha value is -1.38. The molecular weight excluding hydrogens is 322 g/mol. The molecule has 120 valence electrons. The molecule has 2 rings (SSSR count). The minimum absolute atomic E-state index is 0.00306. The van der Waals surface area contributed by atoms with Crippen LogP contribution in [-0.2, 0) is 15.2 Å². The van der Waals surface area contributed by atoms with Crippen LogP contribution in [0, 0.1) is 5.92 Å². The number of alkyl halides is 1. The first-order valence-electron chi connectivity index (χ1n) is 5.98. The van der Waals surface area contributed by atoms with E-state index in [9.17, 15) is 28.6 Å². The van der Waals surface area contributed by atoms with Crippen LogP contribution in [0.5, 0.6) is 0 Å². The van der Waals surface area contributed by atoms with Gasteiger partial charge in [0.2, 0.25) is 0 Å². The topological polar surface area (TPSA) is 26.3 Å². The summed E-state index contributed by atoms with van der Waals surface area (Å²) < 4.78 is 82.5. The minimum Gasteiger partial charge on any atom is -0.466 e. The smallest absolute Gasteiger partial charge is 0.312 e. The van der Waals surface area contributed by atoms with Crippen molar-refractivity contribution in [3.63, 3.8) is 0 Å². The van der Waals surface area contributed by atoms with Crippen molar-refractivity contribution in [1.82, 2.24) is 0 Å². The van der Waals surface area contributed by atoms with Crippen molar-refractivity contribution in [2.75, 3.05) is 6.61 Å². The Morgan fingerprint density at radius 2 is 1.95 bits per heavy atom. The van der Waals surface area contributed by atoms with Gasteiger partial charge in [-0.25, -0.2) is 4.39 Å². The molecule has 1 aliphatic rings. The fourth-order valence-corrected chi connectivity index (χ4v) is 2.75. The number of carbonyl (C=O) groups is 1. The van der Waals surface area contributed by atoms with Crippen LogP contribution < -0.4 is 0 Å². The third kappa shape index (κ3) is 3.12. The van der Waals surface area contributed by atoms with E-state index in [0.717, 1.165) is 6.07 Å². The van der Waals surface area contributed by atoms with Gasteiger partial charge in [-0.05, 0) is 24.6 Å². The Labute approximate surface area is 116 Å². The molecule has 0 heterocycles. The molecule has 0 N–H and O–H groups in total. The van der Waals surface area contributed by atoms with E-state index < -0.39 is 38.2 Å². The molecular formula is C12H12F6O2S. The SMILES string of the molecule is CCOC(=O)[C@@H]1C[C@]1(F)c1cccc(S(F)(F)(F)(F)F)c1. The van der Waals surface area contributed by atoms with Gasteiger partial charge in [-0.2, -0.15) is 0 Å². The lowest BCUT2D eigenvalue weighted by Gasteiger charge is -2.40. The molecule has 0 amide bonds. The van der Waals surface area contributed by atoms with Crippen molar-refractivity contribution in [3.05, 3.63) is 29.8 Å². The van der Waals surface area contributed by atoms with E-state index in [2.05, 4.69) is 4.74 Å². The molecule has 1 aliphatic carbocycles. The third-order valence-corrected chi connectivity index (χ3v) is 4.37. The third-order valence-electron chi connectivity index (χ3n) is 3.22. The van der Waals surface area contributed by atoms with Crippen molar-refractivity contribution in [3.8, 4) is 0 Å². The number of hydrogen-bond donors (Lipinski definition) is 0. The second kappa shape index (κ2) is 3.88. The van der Waals surface area contributed by atoms with Crippen molar-refractivity contribution in [2.45, 2.75) is 23.9 Å². The lowest BCUT2D eigenvalue weighted by Crippen LogP contribution is -2.14. The molecule has 9 heteroatoms. The first-order chi connectivity index (χ1) is 9.28. The molecule has 0 radical (unpaired) electrons. The molecule has 0 saturated heterocycles. The second-order valence-corrected chi connectivity index (χ2v) is 7.28. The molecule has 0 aliphatic heterocycles. The average Bonchev–Trinajstić information content (AvgIpc) is 3.01. The Morgan fingerprint density at radius 1 is 1.33 bits per heavy atom. The number of hydrogen-bond acceptors (Lipinski definition) is 2. The van der Waals surface area contributed by atoms with E-state index in [1.54, 1.807) is 0 Å². The van der Waals surface area contributed by atoms with Crippen LogP contribution in [0.4, 0.5) is 23.8 Å². The zero-order valence-electron chi connectivity index (χ0n) is 10.8. The first kappa shape index (κ1) is 16.0. The summed E-state index contributed by atoms with van der Waals surface area (Å²) in [5.41, 5.74) is -2.98. The molecule has 0 bridgehead atoms. The maximum absolute atomic E-state index is 14.4. The lowest BCUT2D eigenvalue weighted by molar-refractivity contribution is -0.145. The lowest BCUT2D eigenvalue weighted by atomic mass is 10.1. The largest absolute Gasteiger partial charge is 0.466 e. The van der Waals surface area contributed by atoms with E-state index in [-0.39, 0.29) is 25.2 Å². The number of ether oxygens (including phenoxy) is 1. The van der Waals surface area contributed by atoms with Crippen molar-refractivity contribution in [2.24, 2.45) is 5.92 Å². The standard InChI is InChI=1S/C12H12F6O2S/c1-2-20-11(19)10-7-12(10,13)8-4-3-5-9(6-8)21(14,15,16,17)18/h3-6,10H,2,7H2,1H3/t10-,12-/m0/s1. The molecule has 2 nitrogen and oxygen atoms in total.